The van der Waals surface area contributed by atoms with Crippen molar-refractivity contribution in [3.05, 3.63) is 225 Å². The minimum atomic E-state index is 0. The van der Waals surface area contributed by atoms with Crippen molar-refractivity contribution in [2.75, 3.05) is 9.80 Å². The van der Waals surface area contributed by atoms with E-state index in [4.69, 9.17) is 18.6 Å². The van der Waals surface area contributed by atoms with Gasteiger partial charge in [-0.15, -0.1) is 36.3 Å². The summed E-state index contributed by atoms with van der Waals surface area (Å²) in [6.45, 7) is 2.17. The second-order valence-corrected chi connectivity index (χ2v) is 16.8. The Morgan fingerprint density at radius 1 is 0.485 bits per heavy atom. The van der Waals surface area contributed by atoms with Crippen LogP contribution in [0.1, 0.15) is 0 Å². The molecule has 1 aliphatic rings. The normalized spacial score (nSPS) is 12.5. The molecule has 5 heterocycles. The fourth-order valence-electron chi connectivity index (χ4n) is 9.95. The van der Waals surface area contributed by atoms with Crippen LogP contribution in [0.2, 0.25) is 0 Å². The average molecular weight is 1060 g/mol. The van der Waals surface area contributed by atoms with E-state index >= 15 is 0 Å². The quantitative estimate of drug-likeness (QED) is 0.148. The Labute approximate surface area is 404 Å². The van der Waals surface area contributed by atoms with Gasteiger partial charge in [0, 0.05) is 82.9 Å². The average Bonchev–Trinajstić information content (AvgIpc) is 4.15. The van der Waals surface area contributed by atoms with E-state index in [1.807, 2.05) is 54.7 Å². The standard InChI is InChI=1S/C60H35N4O3.Pt/c1-3-16-38(17-4-1)42-22-15-23-43(39-18-5-2-6-19-39)59(42)63-37-62(51-25-10-11-26-52(51)63)40-32-49-48-36-55-47(46-21-8-12-27-54(46)66-55)35-56(48)67-60(49)57(33-40)65-41-29-30-45-44-20-7-9-24-50(44)64(53(45)34-41)58-28-13-14-31-61-58;/h1-32,35-37H;/q-3;. The predicted octanol–water partition coefficient (Wildman–Crippen LogP) is 16.1. The molecule has 8 heteroatoms. The number of ether oxygens (including phenoxy) is 1. The van der Waals surface area contributed by atoms with Crippen LogP contribution in [0.15, 0.2) is 215 Å². The molecule has 0 atom stereocenters. The van der Waals surface area contributed by atoms with E-state index in [-0.39, 0.29) is 21.1 Å². The zero-order chi connectivity index (χ0) is 44.0. The Morgan fingerprint density at radius 2 is 1.13 bits per heavy atom. The van der Waals surface area contributed by atoms with Crippen LogP contribution in [-0.4, -0.2) is 9.55 Å². The van der Waals surface area contributed by atoms with Gasteiger partial charge >= 0.3 is 0 Å². The number of benzene rings is 9. The zero-order valence-electron chi connectivity index (χ0n) is 36.0. The molecule has 14 rings (SSSR count). The number of rotatable bonds is 7. The molecule has 0 bridgehead atoms. The van der Waals surface area contributed by atoms with Crippen molar-refractivity contribution in [3.63, 3.8) is 0 Å². The molecule has 0 saturated heterocycles. The molecule has 1 aliphatic heterocycles. The van der Waals surface area contributed by atoms with E-state index in [1.165, 1.54) is 0 Å². The minimum absolute atomic E-state index is 0. The predicted molar refractivity (Wildman–Crippen MR) is 270 cm³/mol. The molecule has 0 saturated carbocycles. The van der Waals surface area contributed by atoms with Gasteiger partial charge in [0.15, 0.2) is 0 Å². The van der Waals surface area contributed by atoms with Gasteiger partial charge in [-0.3, -0.25) is 0 Å². The number of anilines is 4. The number of furan rings is 2. The summed E-state index contributed by atoms with van der Waals surface area (Å²) in [5, 5.41) is 5.94. The molecule has 9 aromatic carbocycles. The van der Waals surface area contributed by atoms with Crippen molar-refractivity contribution >= 4 is 88.4 Å². The third-order valence-corrected chi connectivity index (χ3v) is 12.9. The Bertz CT molecular complexity index is 4010. The third-order valence-electron chi connectivity index (χ3n) is 12.9. The van der Waals surface area contributed by atoms with Crippen LogP contribution in [0.3, 0.4) is 0 Å². The number of nitrogens with zero attached hydrogens (tertiary/aromatic N) is 4. The summed E-state index contributed by atoms with van der Waals surface area (Å²) in [6.07, 6.45) is 1.81. The summed E-state index contributed by atoms with van der Waals surface area (Å²) < 4.78 is 22.4. The summed E-state index contributed by atoms with van der Waals surface area (Å²) in [5.41, 5.74) is 13.1. The molecular formula is C60H35N4O3Pt-3. The Morgan fingerprint density at radius 3 is 1.88 bits per heavy atom. The molecule has 7 nitrogen and oxygen atoms in total. The van der Waals surface area contributed by atoms with Crippen LogP contribution >= 0.6 is 0 Å². The maximum atomic E-state index is 7.00. The zero-order valence-corrected chi connectivity index (χ0v) is 38.3. The van der Waals surface area contributed by atoms with Crippen molar-refractivity contribution < 1.29 is 34.6 Å². The van der Waals surface area contributed by atoms with Gasteiger partial charge in [0.25, 0.3) is 0 Å². The van der Waals surface area contributed by atoms with Crippen molar-refractivity contribution in [2.45, 2.75) is 0 Å². The molecule has 0 aliphatic carbocycles. The fourth-order valence-corrected chi connectivity index (χ4v) is 9.95. The first-order valence-electron chi connectivity index (χ1n) is 22.3. The van der Waals surface area contributed by atoms with Gasteiger partial charge in [0.1, 0.15) is 22.6 Å². The molecule has 0 fully saturated rings. The molecule has 13 aromatic rings. The van der Waals surface area contributed by atoms with Crippen LogP contribution in [0, 0.1) is 18.8 Å². The van der Waals surface area contributed by atoms with E-state index in [0.717, 1.165) is 111 Å². The van der Waals surface area contributed by atoms with Crippen LogP contribution in [0.5, 0.6) is 11.5 Å². The van der Waals surface area contributed by atoms with Crippen molar-refractivity contribution in [1.82, 2.24) is 9.55 Å². The summed E-state index contributed by atoms with van der Waals surface area (Å²) >= 11 is 0. The van der Waals surface area contributed by atoms with E-state index in [0.29, 0.717) is 17.1 Å². The molecular weight excluding hydrogens is 1020 g/mol. The minimum Gasteiger partial charge on any atom is -0.512 e. The van der Waals surface area contributed by atoms with Gasteiger partial charge in [-0.05, 0) is 65.0 Å². The van der Waals surface area contributed by atoms with E-state index in [1.54, 1.807) is 0 Å². The number of para-hydroxylation sites is 5. The summed E-state index contributed by atoms with van der Waals surface area (Å²) in [5.74, 6) is 1.74. The topological polar surface area (TPSA) is 59.8 Å². The maximum Gasteiger partial charge on any atom is 0.136 e. The van der Waals surface area contributed by atoms with Crippen molar-refractivity contribution in [1.29, 1.82) is 0 Å². The molecule has 0 radical (unpaired) electrons. The molecule has 0 amide bonds. The third kappa shape index (κ3) is 6.27. The number of hydrogen-bond donors (Lipinski definition) is 0. The van der Waals surface area contributed by atoms with Gasteiger partial charge in [-0.1, -0.05) is 150 Å². The number of fused-ring (bicyclic) bond motifs is 10. The Hall–Kier alpha value is -8.38. The molecule has 326 valence electrons. The Balaban J connectivity index is 0.00000457. The van der Waals surface area contributed by atoms with Crippen molar-refractivity contribution in [3.8, 4) is 39.6 Å². The van der Waals surface area contributed by atoms with Crippen LogP contribution in [0.4, 0.5) is 22.7 Å². The summed E-state index contributed by atoms with van der Waals surface area (Å²) in [7, 11) is 0. The summed E-state index contributed by atoms with van der Waals surface area (Å²) in [4.78, 5) is 9.25. The van der Waals surface area contributed by atoms with Gasteiger partial charge in [-0.25, -0.2) is 4.98 Å². The van der Waals surface area contributed by atoms with Gasteiger partial charge < -0.3 is 27.9 Å². The van der Waals surface area contributed by atoms with E-state index in [9.17, 15) is 0 Å². The first-order chi connectivity index (χ1) is 33.2. The number of aromatic nitrogens is 2. The van der Waals surface area contributed by atoms with E-state index in [2.05, 4.69) is 185 Å². The summed E-state index contributed by atoms with van der Waals surface area (Å²) in [6, 6.07) is 76.4. The molecule has 0 spiro atoms. The first kappa shape index (κ1) is 39.9. The number of hydrogen-bond acceptors (Lipinski definition) is 6. The van der Waals surface area contributed by atoms with Crippen molar-refractivity contribution in [2.24, 2.45) is 0 Å². The van der Waals surface area contributed by atoms with Gasteiger partial charge in [0.2, 0.25) is 0 Å². The van der Waals surface area contributed by atoms with Gasteiger partial charge in [-0.2, -0.15) is 6.07 Å². The monoisotopic (exact) mass is 1050 g/mol. The number of pyridine rings is 1. The van der Waals surface area contributed by atoms with Crippen LogP contribution in [0.25, 0.3) is 93.8 Å². The fraction of sp³-hybridized carbons (Fsp3) is 0. The van der Waals surface area contributed by atoms with Gasteiger partial charge in [0.05, 0.1) is 11.3 Å². The second-order valence-electron chi connectivity index (χ2n) is 16.8. The molecule has 0 unspecified atom stereocenters. The SMILES string of the molecule is [Pt].[c-]1c(N2[CH-]N(c3c(-c4ccccc4)cccc3-c3ccccc3)c3ccccc32)cc2c(oc3cc4c(cc32)oc2ccccc24)c1Oc1[c-]c2c(cc1)c1ccccc1n2-c1ccccn1. The molecule has 4 aromatic heterocycles. The van der Waals surface area contributed by atoms with Crippen LogP contribution in [-0.2, 0) is 21.1 Å². The molecule has 0 N–H and O–H groups in total. The smallest absolute Gasteiger partial charge is 0.136 e. The largest absolute Gasteiger partial charge is 0.512 e. The maximum absolute atomic E-state index is 7.00. The molecule has 68 heavy (non-hydrogen) atoms. The van der Waals surface area contributed by atoms with E-state index < -0.39 is 0 Å². The second kappa shape index (κ2) is 15.9. The van der Waals surface area contributed by atoms with Crippen LogP contribution < -0.4 is 14.5 Å². The Kier molecular flexibility index (Phi) is 9.34. The first-order valence-corrected chi connectivity index (χ1v) is 22.3.